The first kappa shape index (κ1) is 9.89. The molecule has 3 nitrogen and oxygen atoms in total. The average molecular weight is 301 g/mol. The van der Waals surface area contributed by atoms with Gasteiger partial charge in [0.1, 0.15) is 3.70 Å². The van der Waals surface area contributed by atoms with Crippen LogP contribution in [0.1, 0.15) is 31.0 Å². The molecule has 4 heteroatoms. The van der Waals surface area contributed by atoms with Crippen LogP contribution in [0.2, 0.25) is 0 Å². The second-order valence-corrected chi connectivity index (χ2v) is 4.82. The molecule has 0 spiro atoms. The minimum atomic E-state index is 0.470. The van der Waals surface area contributed by atoms with Gasteiger partial charge in [-0.3, -0.25) is 0 Å². The van der Waals surface area contributed by atoms with Gasteiger partial charge in [-0.2, -0.15) is 5.10 Å². The van der Waals surface area contributed by atoms with Crippen LogP contribution in [0.5, 0.6) is 0 Å². The van der Waals surface area contributed by atoms with Crippen LogP contribution in [0.3, 0.4) is 0 Å². The van der Waals surface area contributed by atoms with Crippen molar-refractivity contribution in [3.8, 4) is 0 Å². The first-order chi connectivity index (χ1) is 6.59. The third kappa shape index (κ3) is 1.51. The summed E-state index contributed by atoms with van der Waals surface area (Å²) in [6.45, 7) is 6.33. The normalized spacial score (nSPS) is 11.5. The second-order valence-electron chi connectivity index (χ2n) is 3.71. The zero-order chi connectivity index (χ0) is 10.3. The summed E-state index contributed by atoms with van der Waals surface area (Å²) in [7, 11) is 0. The quantitative estimate of drug-likeness (QED) is 0.599. The van der Waals surface area contributed by atoms with Crippen LogP contribution >= 0.6 is 22.6 Å². The van der Waals surface area contributed by atoms with E-state index in [0.29, 0.717) is 5.92 Å². The first-order valence-electron chi connectivity index (χ1n) is 4.60. The molecule has 0 amide bonds. The lowest BCUT2D eigenvalue weighted by Gasteiger charge is -2.03. The van der Waals surface area contributed by atoms with Gasteiger partial charge in [-0.05, 0) is 41.5 Å². The van der Waals surface area contributed by atoms with Gasteiger partial charge in [-0.15, -0.1) is 0 Å². The number of fused-ring (bicyclic) bond motifs is 1. The molecule has 0 bridgehead atoms. The zero-order valence-electron chi connectivity index (χ0n) is 8.45. The van der Waals surface area contributed by atoms with Gasteiger partial charge < -0.3 is 0 Å². The predicted octanol–water partition coefficient (Wildman–Crippen LogP) is 2.77. The van der Waals surface area contributed by atoms with Gasteiger partial charge in [0.2, 0.25) is 0 Å². The summed E-state index contributed by atoms with van der Waals surface area (Å²) < 4.78 is 3.00. The topological polar surface area (TPSA) is 30.2 Å². The van der Waals surface area contributed by atoms with Crippen LogP contribution in [0.25, 0.3) is 5.65 Å². The van der Waals surface area contributed by atoms with Crippen molar-refractivity contribution in [3.05, 3.63) is 27.2 Å². The predicted molar refractivity (Wildman–Crippen MR) is 64.5 cm³/mol. The molecule has 0 aliphatic carbocycles. The highest BCUT2D eigenvalue weighted by Gasteiger charge is 2.10. The molecule has 0 aromatic carbocycles. The summed E-state index contributed by atoms with van der Waals surface area (Å²) in [5.41, 5.74) is 3.25. The summed E-state index contributed by atoms with van der Waals surface area (Å²) >= 11 is 2.28. The van der Waals surface area contributed by atoms with Crippen molar-refractivity contribution in [2.75, 3.05) is 0 Å². The molecule has 0 aliphatic rings. The van der Waals surface area contributed by atoms with Gasteiger partial charge >= 0.3 is 0 Å². The average Bonchev–Trinajstić information content (AvgIpc) is 2.47. The molecule has 2 aromatic rings. The van der Waals surface area contributed by atoms with E-state index in [0.717, 1.165) is 15.0 Å². The van der Waals surface area contributed by atoms with Crippen molar-refractivity contribution in [1.29, 1.82) is 0 Å². The Morgan fingerprint density at radius 1 is 1.43 bits per heavy atom. The van der Waals surface area contributed by atoms with Gasteiger partial charge in [-0.1, -0.05) is 13.8 Å². The fraction of sp³-hybridized carbons (Fsp3) is 0.400. The Bertz CT molecular complexity index is 473. The van der Waals surface area contributed by atoms with Crippen LogP contribution in [-0.4, -0.2) is 14.6 Å². The third-order valence-corrected chi connectivity index (χ3v) is 2.97. The van der Waals surface area contributed by atoms with Crippen LogP contribution < -0.4 is 0 Å². The zero-order valence-corrected chi connectivity index (χ0v) is 10.6. The van der Waals surface area contributed by atoms with Crippen LogP contribution in [-0.2, 0) is 0 Å². The Morgan fingerprint density at radius 2 is 2.14 bits per heavy atom. The van der Waals surface area contributed by atoms with Gasteiger partial charge in [0.05, 0.1) is 6.20 Å². The number of halogens is 1. The Labute approximate surface area is 96.7 Å². The molecular weight excluding hydrogens is 289 g/mol. The first-order valence-corrected chi connectivity index (χ1v) is 5.68. The molecule has 0 saturated carbocycles. The summed E-state index contributed by atoms with van der Waals surface area (Å²) in [6, 6.07) is 2.03. The number of aryl methyl sites for hydroxylation is 1. The molecule has 0 radical (unpaired) electrons. The maximum atomic E-state index is 4.51. The Balaban J connectivity index is 2.78. The van der Waals surface area contributed by atoms with Crippen LogP contribution in [0, 0.1) is 10.6 Å². The van der Waals surface area contributed by atoms with E-state index in [1.54, 1.807) is 0 Å². The lowest BCUT2D eigenvalue weighted by molar-refractivity contribution is 0.869. The molecular formula is C10H12IN3. The monoisotopic (exact) mass is 301 g/mol. The number of hydrogen-bond acceptors (Lipinski definition) is 2. The molecule has 0 aliphatic heterocycles. The highest BCUT2D eigenvalue weighted by Crippen LogP contribution is 2.20. The van der Waals surface area contributed by atoms with Gasteiger partial charge in [0, 0.05) is 11.3 Å². The largest absolute Gasteiger partial charge is 0.233 e. The molecule has 0 unspecified atom stereocenters. The van der Waals surface area contributed by atoms with E-state index in [1.807, 2.05) is 23.7 Å². The fourth-order valence-electron chi connectivity index (χ4n) is 1.46. The van der Waals surface area contributed by atoms with E-state index < -0.39 is 0 Å². The maximum Gasteiger partial charge on any atom is 0.159 e. The van der Waals surface area contributed by atoms with Gasteiger partial charge in [0.25, 0.3) is 0 Å². The standard InChI is InChI=1S/C10H12IN3/c1-6(2)8-5-12-14-9(11)4-7(3)13-10(8)14/h4-6H,1-3H3. The van der Waals surface area contributed by atoms with E-state index >= 15 is 0 Å². The summed E-state index contributed by atoms with van der Waals surface area (Å²) in [5, 5.41) is 4.33. The summed E-state index contributed by atoms with van der Waals surface area (Å²) in [5.74, 6) is 0.470. The smallest absolute Gasteiger partial charge is 0.159 e. The Kier molecular flexibility index (Phi) is 2.47. The fourth-order valence-corrected chi connectivity index (χ4v) is 2.27. The van der Waals surface area contributed by atoms with E-state index in [4.69, 9.17) is 0 Å². The van der Waals surface area contributed by atoms with E-state index in [-0.39, 0.29) is 0 Å². The van der Waals surface area contributed by atoms with Crippen molar-refractivity contribution in [3.63, 3.8) is 0 Å². The molecule has 0 N–H and O–H groups in total. The minimum Gasteiger partial charge on any atom is -0.233 e. The third-order valence-electron chi connectivity index (χ3n) is 2.21. The van der Waals surface area contributed by atoms with Gasteiger partial charge in [-0.25, -0.2) is 9.50 Å². The lowest BCUT2D eigenvalue weighted by atomic mass is 10.1. The Hall–Kier alpha value is -0.650. The van der Waals surface area contributed by atoms with E-state index in [2.05, 4.69) is 46.5 Å². The van der Waals surface area contributed by atoms with Crippen molar-refractivity contribution in [2.24, 2.45) is 0 Å². The molecule has 2 aromatic heterocycles. The highest BCUT2D eigenvalue weighted by atomic mass is 127. The second kappa shape index (κ2) is 3.49. The molecule has 2 heterocycles. The SMILES string of the molecule is Cc1cc(I)n2ncc(C(C)C)c2n1. The highest BCUT2D eigenvalue weighted by molar-refractivity contribution is 14.1. The maximum absolute atomic E-state index is 4.51. The molecule has 2 rings (SSSR count). The summed E-state index contributed by atoms with van der Waals surface area (Å²) in [6.07, 6.45) is 1.91. The van der Waals surface area contributed by atoms with E-state index in [1.165, 1.54) is 5.56 Å². The van der Waals surface area contributed by atoms with Crippen LogP contribution in [0.4, 0.5) is 0 Å². The Morgan fingerprint density at radius 3 is 2.79 bits per heavy atom. The molecule has 0 atom stereocenters. The van der Waals surface area contributed by atoms with Crippen LogP contribution in [0.15, 0.2) is 12.3 Å². The number of aromatic nitrogens is 3. The molecule has 0 fully saturated rings. The van der Waals surface area contributed by atoms with Crippen molar-refractivity contribution < 1.29 is 0 Å². The summed E-state index contributed by atoms with van der Waals surface area (Å²) in [4.78, 5) is 4.51. The lowest BCUT2D eigenvalue weighted by Crippen LogP contribution is -1.98. The molecule has 0 saturated heterocycles. The van der Waals surface area contributed by atoms with Crippen molar-refractivity contribution in [2.45, 2.75) is 26.7 Å². The van der Waals surface area contributed by atoms with Crippen molar-refractivity contribution in [1.82, 2.24) is 14.6 Å². The van der Waals surface area contributed by atoms with Gasteiger partial charge in [0.15, 0.2) is 5.65 Å². The van der Waals surface area contributed by atoms with Crippen molar-refractivity contribution >= 4 is 28.2 Å². The molecule has 74 valence electrons. The van der Waals surface area contributed by atoms with E-state index in [9.17, 15) is 0 Å². The number of hydrogen-bond donors (Lipinski definition) is 0. The minimum absolute atomic E-state index is 0.470. The molecule has 14 heavy (non-hydrogen) atoms. The number of nitrogens with zero attached hydrogens (tertiary/aromatic N) is 3. The number of rotatable bonds is 1.